The third kappa shape index (κ3) is 3.55. The van der Waals surface area contributed by atoms with E-state index in [0.717, 1.165) is 36.8 Å². The van der Waals surface area contributed by atoms with Gasteiger partial charge in [0.25, 0.3) is 5.91 Å². The molecule has 0 spiro atoms. The molecule has 3 aliphatic heterocycles. The van der Waals surface area contributed by atoms with Gasteiger partial charge in [0.2, 0.25) is 0 Å². The van der Waals surface area contributed by atoms with Gasteiger partial charge in [-0.25, -0.2) is 0 Å². The molecule has 1 saturated heterocycles. The molecule has 6 nitrogen and oxygen atoms in total. The molecule has 1 fully saturated rings. The van der Waals surface area contributed by atoms with Gasteiger partial charge in [-0.05, 0) is 24.5 Å². The van der Waals surface area contributed by atoms with Crippen LogP contribution in [-0.4, -0.2) is 36.3 Å². The number of nitrogens with zero attached hydrogens (tertiary/aromatic N) is 3. The number of carbonyl (C=O) groups excluding carboxylic acids is 1. The third-order valence-corrected chi connectivity index (χ3v) is 4.97. The van der Waals surface area contributed by atoms with Gasteiger partial charge in [-0.15, -0.1) is 5.11 Å². The van der Waals surface area contributed by atoms with Crippen LogP contribution in [0.25, 0.3) is 0 Å². The van der Waals surface area contributed by atoms with Gasteiger partial charge in [0.15, 0.2) is 5.92 Å². The van der Waals surface area contributed by atoms with Crippen molar-refractivity contribution in [2.24, 2.45) is 16.1 Å². The largest absolute Gasteiger partial charge is 0.491 e. The second-order valence-corrected chi connectivity index (χ2v) is 6.78. The van der Waals surface area contributed by atoms with E-state index in [-0.39, 0.29) is 24.9 Å². The molecule has 0 aliphatic carbocycles. The number of rotatable bonds is 4. The molecule has 3 aliphatic rings. The van der Waals surface area contributed by atoms with E-state index in [2.05, 4.69) is 10.2 Å². The van der Waals surface area contributed by atoms with Crippen LogP contribution in [0.15, 0.2) is 40.3 Å². The van der Waals surface area contributed by atoms with Crippen molar-refractivity contribution in [3.8, 4) is 5.75 Å². The molecule has 1 unspecified atom stereocenters. The monoisotopic (exact) mass is 381 g/mol. The lowest BCUT2D eigenvalue weighted by atomic mass is 10.0. The van der Waals surface area contributed by atoms with Crippen LogP contribution in [0.2, 0.25) is 0 Å². The Morgan fingerprint density at radius 1 is 1.30 bits per heavy atom. The van der Waals surface area contributed by atoms with E-state index < -0.39 is 18.0 Å². The third-order valence-electron chi connectivity index (χ3n) is 4.97. The second-order valence-electron chi connectivity index (χ2n) is 6.78. The lowest BCUT2D eigenvalue weighted by Gasteiger charge is -2.29. The van der Waals surface area contributed by atoms with Crippen LogP contribution in [-0.2, 0) is 22.6 Å². The van der Waals surface area contributed by atoms with Crippen molar-refractivity contribution in [1.82, 2.24) is 4.90 Å². The highest BCUT2D eigenvalue weighted by Crippen LogP contribution is 2.41. The van der Waals surface area contributed by atoms with Crippen molar-refractivity contribution in [1.29, 1.82) is 0 Å². The lowest BCUT2D eigenvalue weighted by molar-refractivity contribution is -0.177. The van der Waals surface area contributed by atoms with Gasteiger partial charge < -0.3 is 14.4 Å². The zero-order chi connectivity index (χ0) is 19.0. The average molecular weight is 381 g/mol. The molecule has 0 aromatic heterocycles. The molecule has 0 radical (unpaired) electrons. The molecule has 9 heteroatoms. The van der Waals surface area contributed by atoms with Gasteiger partial charge in [0.05, 0.1) is 18.0 Å². The van der Waals surface area contributed by atoms with Gasteiger partial charge in [-0.2, -0.15) is 18.3 Å². The maximum Gasteiger partial charge on any atom is 0.406 e. The molecule has 1 aromatic rings. The van der Waals surface area contributed by atoms with Crippen LogP contribution >= 0.6 is 0 Å². The Morgan fingerprint density at radius 3 is 2.89 bits per heavy atom. The van der Waals surface area contributed by atoms with Crippen LogP contribution < -0.4 is 4.74 Å². The lowest BCUT2D eigenvalue weighted by Crippen LogP contribution is -2.38. The smallest absolute Gasteiger partial charge is 0.406 e. The van der Waals surface area contributed by atoms with Crippen LogP contribution in [0.4, 0.5) is 13.2 Å². The summed E-state index contributed by atoms with van der Waals surface area (Å²) in [5.74, 6) is -2.93. The molecule has 0 saturated carbocycles. The first-order valence-electron chi connectivity index (χ1n) is 8.75. The minimum atomic E-state index is -4.71. The van der Waals surface area contributed by atoms with Gasteiger partial charge >= 0.3 is 6.18 Å². The van der Waals surface area contributed by atoms with Crippen LogP contribution in [0.5, 0.6) is 5.75 Å². The number of carbonyl (C=O) groups is 1. The molecule has 3 heterocycles. The number of alkyl halides is 3. The van der Waals surface area contributed by atoms with Crippen molar-refractivity contribution >= 4 is 5.91 Å². The van der Waals surface area contributed by atoms with Crippen molar-refractivity contribution in [3.05, 3.63) is 41.2 Å². The highest BCUT2D eigenvalue weighted by molar-refractivity contribution is 5.83. The molecule has 1 aromatic carbocycles. The predicted molar refractivity (Wildman–Crippen MR) is 87.6 cm³/mol. The van der Waals surface area contributed by atoms with Gasteiger partial charge in [-0.3, -0.25) is 4.79 Å². The second kappa shape index (κ2) is 6.95. The Balaban J connectivity index is 1.53. The first-order chi connectivity index (χ1) is 12.9. The number of amides is 1. The minimum absolute atomic E-state index is 0.0482. The zero-order valence-corrected chi connectivity index (χ0v) is 14.4. The van der Waals surface area contributed by atoms with E-state index in [1.165, 1.54) is 4.90 Å². The average Bonchev–Trinajstić information content (AvgIpc) is 3.28. The number of azo groups is 1. The quantitative estimate of drug-likeness (QED) is 0.800. The van der Waals surface area contributed by atoms with Gasteiger partial charge in [0, 0.05) is 25.3 Å². The number of hydrogen-bond acceptors (Lipinski definition) is 5. The summed E-state index contributed by atoms with van der Waals surface area (Å²) in [6.07, 6.45) is -1.69. The number of benzene rings is 1. The fourth-order valence-electron chi connectivity index (χ4n) is 3.64. The standard InChI is InChI=1S/C18H18F3N3O3/c19-18(20,21)16-14(7-22-23-17(16)25)24-8-11-3-1-5-15(13(11)9-24)27-10-12-4-2-6-26-12/h1,3,5,7,12,16H,2,4,6,8-10H2/t12-,16?/m1/s1. The summed E-state index contributed by atoms with van der Waals surface area (Å²) in [5, 5.41) is 6.51. The Labute approximate surface area is 153 Å². The first-order valence-corrected chi connectivity index (χ1v) is 8.75. The Kier molecular flexibility index (Phi) is 4.63. The van der Waals surface area contributed by atoms with E-state index in [4.69, 9.17) is 9.47 Å². The topological polar surface area (TPSA) is 63.5 Å². The molecule has 144 valence electrons. The molecule has 0 N–H and O–H groups in total. The van der Waals surface area contributed by atoms with E-state index in [1.807, 2.05) is 12.1 Å². The normalized spacial score (nSPS) is 24.9. The highest BCUT2D eigenvalue weighted by atomic mass is 19.4. The van der Waals surface area contributed by atoms with Gasteiger partial charge in [0.1, 0.15) is 12.4 Å². The van der Waals surface area contributed by atoms with E-state index in [9.17, 15) is 18.0 Å². The van der Waals surface area contributed by atoms with Crippen LogP contribution in [0, 0.1) is 5.92 Å². The molecule has 0 bridgehead atoms. The molecule has 2 atom stereocenters. The number of fused-ring (bicyclic) bond motifs is 1. The molecule has 27 heavy (non-hydrogen) atoms. The summed E-state index contributed by atoms with van der Waals surface area (Å²) in [4.78, 5) is 13.2. The number of halogens is 3. The zero-order valence-electron chi connectivity index (χ0n) is 14.4. The fourth-order valence-corrected chi connectivity index (χ4v) is 3.64. The molecular weight excluding hydrogens is 363 g/mol. The SMILES string of the molecule is O=C1N=NC=C(N2Cc3cccc(OC[C@H]4CCCO4)c3C2)C1C(F)(F)F. The van der Waals surface area contributed by atoms with Crippen molar-refractivity contribution in [2.45, 2.75) is 38.2 Å². The van der Waals surface area contributed by atoms with Gasteiger partial charge in [-0.1, -0.05) is 12.1 Å². The maximum atomic E-state index is 13.4. The fraction of sp³-hybridized carbons (Fsp3) is 0.500. The number of ether oxygens (including phenoxy) is 2. The van der Waals surface area contributed by atoms with E-state index >= 15 is 0 Å². The highest BCUT2D eigenvalue weighted by Gasteiger charge is 2.50. The van der Waals surface area contributed by atoms with Crippen LogP contribution in [0.3, 0.4) is 0 Å². The molecule has 4 rings (SSSR count). The summed E-state index contributed by atoms with van der Waals surface area (Å²) in [6, 6.07) is 5.47. The van der Waals surface area contributed by atoms with E-state index in [1.54, 1.807) is 6.07 Å². The summed E-state index contributed by atoms with van der Waals surface area (Å²) in [6.45, 7) is 1.62. The molecule has 1 amide bonds. The summed E-state index contributed by atoms with van der Waals surface area (Å²) in [5.41, 5.74) is 1.52. The minimum Gasteiger partial charge on any atom is -0.491 e. The van der Waals surface area contributed by atoms with E-state index in [0.29, 0.717) is 12.4 Å². The first kappa shape index (κ1) is 18.0. The van der Waals surface area contributed by atoms with Crippen molar-refractivity contribution in [2.75, 3.05) is 13.2 Å². The summed E-state index contributed by atoms with van der Waals surface area (Å²) in [7, 11) is 0. The number of hydrogen-bond donors (Lipinski definition) is 0. The molecular formula is C18H18F3N3O3. The predicted octanol–water partition coefficient (Wildman–Crippen LogP) is 3.57. The van der Waals surface area contributed by atoms with Crippen LogP contribution in [0.1, 0.15) is 24.0 Å². The summed E-state index contributed by atoms with van der Waals surface area (Å²) < 4.78 is 51.5. The Morgan fingerprint density at radius 2 is 2.15 bits per heavy atom. The Hall–Kier alpha value is -2.42. The summed E-state index contributed by atoms with van der Waals surface area (Å²) >= 11 is 0. The van der Waals surface area contributed by atoms with Crippen molar-refractivity contribution in [3.63, 3.8) is 0 Å². The maximum absolute atomic E-state index is 13.4. The van der Waals surface area contributed by atoms with Crippen molar-refractivity contribution < 1.29 is 27.4 Å². The Bertz CT molecular complexity index is 801.